The number of hydrogen-bond acceptors (Lipinski definition) is 4. The summed E-state index contributed by atoms with van der Waals surface area (Å²) >= 11 is 0. The molecule has 3 rings (SSSR count). The fourth-order valence-corrected chi connectivity index (χ4v) is 5.24. The van der Waals surface area contributed by atoms with E-state index >= 15 is 0 Å². The summed E-state index contributed by atoms with van der Waals surface area (Å²) in [5.74, 6) is -1.50. The molecule has 0 saturated carbocycles. The third-order valence-corrected chi connectivity index (χ3v) is 7.45. The van der Waals surface area contributed by atoms with Crippen LogP contribution < -0.4 is 10.6 Å². The number of alkyl carbamates (subject to hydrolysis) is 1. The topological polar surface area (TPSA) is 105 Å². The molecule has 0 heterocycles. The van der Waals surface area contributed by atoms with Gasteiger partial charge in [0.2, 0.25) is 5.91 Å². The summed E-state index contributed by atoms with van der Waals surface area (Å²) in [6, 6.07) is 14.8. The van der Waals surface area contributed by atoms with Crippen LogP contribution in [0.5, 0.6) is 0 Å². The highest BCUT2D eigenvalue weighted by atomic mass is 16.5. The maximum atomic E-state index is 12.5. The van der Waals surface area contributed by atoms with Crippen molar-refractivity contribution in [1.82, 2.24) is 10.6 Å². The molecule has 1 aliphatic rings. The Kier molecular flexibility index (Phi) is 12.8. The fourth-order valence-electron chi connectivity index (χ4n) is 5.24. The maximum absolute atomic E-state index is 12.5. The molecule has 2 amide bonds. The Hall–Kier alpha value is -3.35. The molecule has 7 nitrogen and oxygen atoms in total. The first-order chi connectivity index (χ1) is 19.0. The van der Waals surface area contributed by atoms with E-state index in [9.17, 15) is 19.5 Å². The van der Waals surface area contributed by atoms with Crippen molar-refractivity contribution in [1.29, 1.82) is 0 Å². The summed E-state index contributed by atoms with van der Waals surface area (Å²) in [5, 5.41) is 14.8. The minimum absolute atomic E-state index is 0.00337. The van der Waals surface area contributed by atoms with Crippen molar-refractivity contribution in [3.8, 4) is 11.1 Å². The van der Waals surface area contributed by atoms with Crippen LogP contribution in [0.4, 0.5) is 4.79 Å². The predicted molar refractivity (Wildman–Crippen MR) is 154 cm³/mol. The Labute approximate surface area is 232 Å². The minimum atomic E-state index is -1.19. The van der Waals surface area contributed by atoms with Gasteiger partial charge in [0.15, 0.2) is 0 Å². The second-order valence-corrected chi connectivity index (χ2v) is 10.4. The number of rotatable bonds is 18. The van der Waals surface area contributed by atoms with Gasteiger partial charge < -0.3 is 20.5 Å². The van der Waals surface area contributed by atoms with Gasteiger partial charge in [0.05, 0.1) is 0 Å². The van der Waals surface area contributed by atoms with Gasteiger partial charge in [0.25, 0.3) is 0 Å². The second kappa shape index (κ2) is 16.6. The average molecular weight is 537 g/mol. The van der Waals surface area contributed by atoms with Crippen LogP contribution in [-0.4, -0.2) is 42.3 Å². The van der Waals surface area contributed by atoms with E-state index in [4.69, 9.17) is 4.74 Å². The lowest BCUT2D eigenvalue weighted by Crippen LogP contribution is -2.42. The van der Waals surface area contributed by atoms with E-state index in [0.717, 1.165) is 35.1 Å². The largest absolute Gasteiger partial charge is 0.480 e. The molecule has 2 aromatic rings. The van der Waals surface area contributed by atoms with E-state index in [0.29, 0.717) is 6.54 Å². The Morgan fingerprint density at radius 1 is 0.821 bits per heavy atom. The molecule has 0 radical (unpaired) electrons. The smallest absolute Gasteiger partial charge is 0.407 e. The molecular formula is C32H44N2O5. The molecule has 1 aliphatic carbocycles. The first kappa shape index (κ1) is 30.2. The monoisotopic (exact) mass is 536 g/mol. The van der Waals surface area contributed by atoms with Gasteiger partial charge in [-0.2, -0.15) is 0 Å². The lowest BCUT2D eigenvalue weighted by molar-refractivity contribution is -0.139. The van der Waals surface area contributed by atoms with Gasteiger partial charge in [-0.1, -0.05) is 113 Å². The van der Waals surface area contributed by atoms with Crippen LogP contribution >= 0.6 is 0 Å². The molecule has 7 heteroatoms. The van der Waals surface area contributed by atoms with Crippen LogP contribution in [0, 0.1) is 0 Å². The number of unbranched alkanes of at least 4 members (excludes halogenated alkanes) is 9. The number of amides is 2. The van der Waals surface area contributed by atoms with Crippen LogP contribution in [-0.2, 0) is 14.3 Å². The van der Waals surface area contributed by atoms with Gasteiger partial charge in [0.1, 0.15) is 12.6 Å². The zero-order valence-corrected chi connectivity index (χ0v) is 23.3. The summed E-state index contributed by atoms with van der Waals surface area (Å²) in [6.07, 6.45) is 11.5. The first-order valence-electron chi connectivity index (χ1n) is 14.6. The van der Waals surface area contributed by atoms with E-state index in [2.05, 4.69) is 29.7 Å². The summed E-state index contributed by atoms with van der Waals surface area (Å²) in [6.45, 7) is 2.92. The standard InChI is InChI=1S/C32H44N2O5/c1-2-3-4-5-6-7-8-9-10-15-22-33-30(35)21-20-29(31(36)37)34-32(38)39-23-28-26-18-13-11-16-24(26)25-17-12-14-19-27(25)28/h11-14,16-19,28-29H,2-10,15,20-23H2,1H3,(H,33,35)(H,34,38)(H,36,37)/t29-/m0/s1. The number of carbonyl (C=O) groups excluding carboxylic acids is 2. The number of benzene rings is 2. The molecule has 3 N–H and O–H groups in total. The van der Waals surface area contributed by atoms with Crippen molar-refractivity contribution in [2.45, 2.75) is 95.9 Å². The molecule has 1 atom stereocenters. The molecule has 0 unspecified atom stereocenters. The molecule has 0 spiro atoms. The Morgan fingerprint density at radius 3 is 1.92 bits per heavy atom. The summed E-state index contributed by atoms with van der Waals surface area (Å²) in [5.41, 5.74) is 4.41. The van der Waals surface area contributed by atoms with Gasteiger partial charge in [0, 0.05) is 18.9 Å². The molecule has 0 bridgehead atoms. The van der Waals surface area contributed by atoms with Gasteiger partial charge in [-0.25, -0.2) is 9.59 Å². The van der Waals surface area contributed by atoms with E-state index < -0.39 is 18.1 Å². The fraction of sp³-hybridized carbons (Fsp3) is 0.531. The molecule has 0 aromatic heterocycles. The third kappa shape index (κ3) is 9.72. The quantitative estimate of drug-likeness (QED) is 0.182. The lowest BCUT2D eigenvalue weighted by atomic mass is 9.98. The number of fused-ring (bicyclic) bond motifs is 3. The number of ether oxygens (including phenoxy) is 1. The number of carboxylic acid groups (broad SMARTS) is 1. The first-order valence-corrected chi connectivity index (χ1v) is 14.6. The van der Waals surface area contributed by atoms with E-state index in [1.807, 2.05) is 36.4 Å². The Morgan fingerprint density at radius 2 is 1.36 bits per heavy atom. The van der Waals surface area contributed by atoms with E-state index in [1.54, 1.807) is 0 Å². The highest BCUT2D eigenvalue weighted by Crippen LogP contribution is 2.44. The number of aliphatic carboxylic acids is 1. The zero-order valence-electron chi connectivity index (χ0n) is 23.3. The van der Waals surface area contributed by atoms with Crippen LogP contribution in [0.2, 0.25) is 0 Å². The van der Waals surface area contributed by atoms with Gasteiger partial charge in [-0.05, 0) is 35.1 Å². The Bertz CT molecular complexity index is 1020. The summed E-state index contributed by atoms with van der Waals surface area (Å²) in [7, 11) is 0. The molecule has 39 heavy (non-hydrogen) atoms. The highest BCUT2D eigenvalue weighted by molar-refractivity contribution is 5.82. The molecular weight excluding hydrogens is 492 g/mol. The van der Waals surface area contributed by atoms with Gasteiger partial charge >= 0.3 is 12.1 Å². The minimum Gasteiger partial charge on any atom is -0.480 e. The molecule has 212 valence electrons. The van der Waals surface area contributed by atoms with Crippen LogP contribution in [0.1, 0.15) is 101 Å². The number of hydrogen-bond donors (Lipinski definition) is 3. The van der Waals surface area contributed by atoms with Gasteiger partial charge in [-0.3, -0.25) is 4.79 Å². The van der Waals surface area contributed by atoms with Gasteiger partial charge in [-0.15, -0.1) is 0 Å². The average Bonchev–Trinajstić information content (AvgIpc) is 3.26. The lowest BCUT2D eigenvalue weighted by Gasteiger charge is -2.17. The Balaban J connectivity index is 1.32. The number of carboxylic acids is 1. The predicted octanol–water partition coefficient (Wildman–Crippen LogP) is 6.80. The van der Waals surface area contributed by atoms with Crippen molar-refractivity contribution in [2.24, 2.45) is 0 Å². The molecule has 2 aromatic carbocycles. The van der Waals surface area contributed by atoms with Crippen molar-refractivity contribution in [3.05, 3.63) is 59.7 Å². The van der Waals surface area contributed by atoms with Crippen molar-refractivity contribution >= 4 is 18.0 Å². The van der Waals surface area contributed by atoms with Crippen molar-refractivity contribution in [3.63, 3.8) is 0 Å². The van der Waals surface area contributed by atoms with Crippen LogP contribution in [0.15, 0.2) is 48.5 Å². The summed E-state index contributed by atoms with van der Waals surface area (Å²) < 4.78 is 5.46. The molecule has 0 aliphatic heterocycles. The molecule has 0 saturated heterocycles. The van der Waals surface area contributed by atoms with Crippen molar-refractivity contribution < 1.29 is 24.2 Å². The van der Waals surface area contributed by atoms with Crippen molar-refractivity contribution in [2.75, 3.05) is 13.2 Å². The highest BCUT2D eigenvalue weighted by Gasteiger charge is 2.29. The number of carbonyl (C=O) groups is 3. The van der Waals surface area contributed by atoms with E-state index in [-0.39, 0.29) is 31.3 Å². The molecule has 0 fully saturated rings. The zero-order chi connectivity index (χ0) is 27.9. The SMILES string of the molecule is CCCCCCCCCCCCNC(=O)CC[C@H](NC(=O)OCC1c2ccccc2-c2ccccc21)C(=O)O. The third-order valence-electron chi connectivity index (χ3n) is 7.45. The summed E-state index contributed by atoms with van der Waals surface area (Å²) in [4.78, 5) is 36.4. The second-order valence-electron chi connectivity index (χ2n) is 10.4. The number of nitrogens with one attached hydrogen (secondary N) is 2. The normalized spacial score (nSPS) is 12.8. The van der Waals surface area contributed by atoms with Crippen LogP contribution in [0.25, 0.3) is 11.1 Å². The van der Waals surface area contributed by atoms with E-state index in [1.165, 1.54) is 51.4 Å². The maximum Gasteiger partial charge on any atom is 0.407 e. The van der Waals surface area contributed by atoms with Crippen LogP contribution in [0.3, 0.4) is 0 Å².